The van der Waals surface area contributed by atoms with Gasteiger partial charge in [-0.1, -0.05) is 50.2 Å². The van der Waals surface area contributed by atoms with E-state index in [1.807, 2.05) is 36.4 Å². The van der Waals surface area contributed by atoms with Crippen molar-refractivity contribution in [1.29, 1.82) is 0 Å². The number of rotatable bonds is 7. The monoisotopic (exact) mass is 394 g/mol. The fourth-order valence-corrected chi connectivity index (χ4v) is 3.45. The lowest BCUT2D eigenvalue weighted by Gasteiger charge is -2.13. The minimum absolute atomic E-state index is 0.169. The van der Waals surface area contributed by atoms with Crippen molar-refractivity contribution in [3.8, 4) is 11.4 Å². The lowest BCUT2D eigenvalue weighted by atomic mass is 10.0. The maximum atomic E-state index is 12.8. The van der Waals surface area contributed by atoms with E-state index < -0.39 is 0 Å². The molecule has 2 amide bonds. The molecule has 0 radical (unpaired) electrons. The molecule has 3 rings (SSSR count). The summed E-state index contributed by atoms with van der Waals surface area (Å²) in [4.78, 5) is 29.5. The zero-order valence-electron chi connectivity index (χ0n) is 15.8. The van der Waals surface area contributed by atoms with Gasteiger partial charge in [0.05, 0.1) is 11.4 Å². The van der Waals surface area contributed by atoms with Gasteiger partial charge in [0.25, 0.3) is 5.91 Å². The summed E-state index contributed by atoms with van der Waals surface area (Å²) < 4.78 is 4.38. The van der Waals surface area contributed by atoms with Gasteiger partial charge >= 0.3 is 0 Å². The van der Waals surface area contributed by atoms with Gasteiger partial charge in [0, 0.05) is 19.2 Å². The maximum absolute atomic E-state index is 12.8. The summed E-state index contributed by atoms with van der Waals surface area (Å²) >= 11 is 1.06. The molecule has 0 aliphatic carbocycles. The van der Waals surface area contributed by atoms with Crippen molar-refractivity contribution in [3.63, 3.8) is 0 Å². The van der Waals surface area contributed by atoms with E-state index in [2.05, 4.69) is 26.9 Å². The molecule has 3 aromatic rings. The van der Waals surface area contributed by atoms with Crippen LogP contribution in [0.5, 0.6) is 0 Å². The molecule has 2 heterocycles. The number of carbonyl (C=O) groups excluding carboxylic acids is 2. The third-order valence-corrected chi connectivity index (χ3v) is 5.17. The van der Waals surface area contributed by atoms with E-state index in [0.29, 0.717) is 34.9 Å². The first-order valence-electron chi connectivity index (χ1n) is 9.14. The average Bonchev–Trinajstić information content (AvgIpc) is 3.16. The van der Waals surface area contributed by atoms with E-state index in [1.54, 1.807) is 25.3 Å². The molecular weight excluding hydrogens is 372 g/mol. The normalized spacial score (nSPS) is 11.6. The smallest absolute Gasteiger partial charge is 0.265 e. The predicted molar refractivity (Wildman–Crippen MR) is 111 cm³/mol. The van der Waals surface area contributed by atoms with Crippen LogP contribution in [0.2, 0.25) is 0 Å². The van der Waals surface area contributed by atoms with Crippen molar-refractivity contribution in [1.82, 2.24) is 14.7 Å². The number of carbonyl (C=O) groups is 2. The Morgan fingerprint density at radius 2 is 1.86 bits per heavy atom. The molecule has 0 saturated heterocycles. The quantitative estimate of drug-likeness (QED) is 0.632. The molecule has 0 aliphatic rings. The van der Waals surface area contributed by atoms with Crippen LogP contribution in [0.1, 0.15) is 41.4 Å². The van der Waals surface area contributed by atoms with Gasteiger partial charge < -0.3 is 10.6 Å². The van der Waals surface area contributed by atoms with Crippen molar-refractivity contribution in [2.24, 2.45) is 0 Å². The predicted octanol–water partition coefficient (Wildman–Crippen LogP) is 4.09. The van der Waals surface area contributed by atoms with Crippen LogP contribution in [0.15, 0.2) is 54.7 Å². The molecule has 0 spiro atoms. The first-order valence-corrected chi connectivity index (χ1v) is 9.91. The van der Waals surface area contributed by atoms with Crippen molar-refractivity contribution in [2.45, 2.75) is 26.2 Å². The third kappa shape index (κ3) is 4.61. The van der Waals surface area contributed by atoms with Crippen molar-refractivity contribution in [3.05, 3.63) is 65.2 Å². The minimum atomic E-state index is -0.256. The second kappa shape index (κ2) is 9.23. The molecule has 6 nitrogen and oxygen atoms in total. The Bertz CT molecular complexity index is 942. The number of anilines is 1. The van der Waals surface area contributed by atoms with Crippen molar-refractivity contribution in [2.75, 3.05) is 11.9 Å². The summed E-state index contributed by atoms with van der Waals surface area (Å²) in [7, 11) is 0. The van der Waals surface area contributed by atoms with E-state index in [4.69, 9.17) is 0 Å². The molecular formula is C21H22N4O2S. The number of pyridine rings is 1. The molecule has 7 heteroatoms. The highest BCUT2D eigenvalue weighted by Gasteiger charge is 2.23. The number of hydrogen-bond acceptors (Lipinski definition) is 5. The summed E-state index contributed by atoms with van der Waals surface area (Å²) in [5.74, 6) is -0.264. The lowest BCUT2D eigenvalue weighted by molar-refractivity contribution is -0.115. The second-order valence-corrected chi connectivity index (χ2v) is 7.15. The van der Waals surface area contributed by atoms with Crippen LogP contribution in [0.4, 0.5) is 5.69 Å². The summed E-state index contributed by atoms with van der Waals surface area (Å²) in [6, 6.07) is 15.4. The molecule has 0 aliphatic heterocycles. The Morgan fingerprint density at radius 1 is 1.11 bits per heavy atom. The average molecular weight is 395 g/mol. The zero-order valence-corrected chi connectivity index (χ0v) is 16.6. The fraction of sp³-hybridized carbons (Fsp3) is 0.238. The van der Waals surface area contributed by atoms with Crippen LogP contribution < -0.4 is 10.6 Å². The van der Waals surface area contributed by atoms with Crippen LogP contribution in [-0.4, -0.2) is 27.7 Å². The molecule has 0 saturated carbocycles. The van der Waals surface area contributed by atoms with Gasteiger partial charge in [-0.3, -0.25) is 14.6 Å². The Labute approximate surface area is 168 Å². The van der Waals surface area contributed by atoms with Crippen molar-refractivity contribution < 1.29 is 9.59 Å². The van der Waals surface area contributed by atoms with E-state index in [1.165, 1.54) is 0 Å². The third-order valence-electron chi connectivity index (χ3n) is 4.33. The molecule has 1 atom stereocenters. The molecule has 0 unspecified atom stereocenters. The number of nitrogens with zero attached hydrogens (tertiary/aromatic N) is 2. The molecule has 0 fully saturated rings. The summed E-state index contributed by atoms with van der Waals surface area (Å²) in [5, 5.41) is 5.77. The van der Waals surface area contributed by atoms with Crippen LogP contribution in [0, 0.1) is 0 Å². The van der Waals surface area contributed by atoms with E-state index in [0.717, 1.165) is 17.1 Å². The number of amides is 2. The maximum Gasteiger partial charge on any atom is 0.265 e. The van der Waals surface area contributed by atoms with Crippen LogP contribution >= 0.6 is 11.5 Å². The van der Waals surface area contributed by atoms with E-state index in [-0.39, 0.29) is 17.7 Å². The summed E-state index contributed by atoms with van der Waals surface area (Å²) in [5.41, 5.74) is 2.69. The molecule has 0 bridgehead atoms. The van der Waals surface area contributed by atoms with Gasteiger partial charge in [0.1, 0.15) is 10.6 Å². The number of aromatic nitrogens is 2. The van der Waals surface area contributed by atoms with E-state index in [9.17, 15) is 9.59 Å². The largest absolute Gasteiger partial charge is 0.351 e. The fourth-order valence-electron chi connectivity index (χ4n) is 2.69. The van der Waals surface area contributed by atoms with Crippen LogP contribution in [0.25, 0.3) is 11.4 Å². The molecule has 28 heavy (non-hydrogen) atoms. The molecule has 2 aromatic heterocycles. The van der Waals surface area contributed by atoms with Crippen LogP contribution in [-0.2, 0) is 4.79 Å². The van der Waals surface area contributed by atoms with Gasteiger partial charge in [-0.15, -0.1) is 0 Å². The van der Waals surface area contributed by atoms with Gasteiger partial charge in [0.15, 0.2) is 0 Å². The zero-order chi connectivity index (χ0) is 19.9. The highest BCUT2D eigenvalue weighted by atomic mass is 32.1. The summed E-state index contributed by atoms with van der Waals surface area (Å²) in [6.45, 7) is 4.30. The highest BCUT2D eigenvalue weighted by molar-refractivity contribution is 7.09. The van der Waals surface area contributed by atoms with Gasteiger partial charge in [-0.05, 0) is 35.1 Å². The highest BCUT2D eigenvalue weighted by Crippen LogP contribution is 2.32. The SMILES string of the molecule is CCC(=O)Nc1c(-c2ccccn2)nsc1C(=O)NC[C@@H](C)c1ccccc1. The lowest BCUT2D eigenvalue weighted by Crippen LogP contribution is -2.27. The van der Waals surface area contributed by atoms with Gasteiger partial charge in [0.2, 0.25) is 5.91 Å². The van der Waals surface area contributed by atoms with Gasteiger partial charge in [-0.2, -0.15) is 4.37 Å². The van der Waals surface area contributed by atoms with Gasteiger partial charge in [-0.25, -0.2) is 0 Å². The van der Waals surface area contributed by atoms with E-state index >= 15 is 0 Å². The Morgan fingerprint density at radius 3 is 2.54 bits per heavy atom. The van der Waals surface area contributed by atoms with Crippen molar-refractivity contribution >= 4 is 29.0 Å². The minimum Gasteiger partial charge on any atom is -0.351 e. The summed E-state index contributed by atoms with van der Waals surface area (Å²) in [6.07, 6.45) is 1.96. The Hall–Kier alpha value is -3.06. The number of nitrogens with one attached hydrogen (secondary N) is 2. The van der Waals surface area contributed by atoms with Crippen LogP contribution in [0.3, 0.4) is 0 Å². The first-order chi connectivity index (χ1) is 13.6. The molecule has 2 N–H and O–H groups in total. The molecule has 1 aromatic carbocycles. The number of hydrogen-bond donors (Lipinski definition) is 2. The topological polar surface area (TPSA) is 84.0 Å². The Kier molecular flexibility index (Phi) is 6.49. The molecule has 144 valence electrons. The first kappa shape index (κ1) is 19.7. The number of benzene rings is 1. The Balaban J connectivity index is 1.81. The standard InChI is InChI=1S/C21H22N4O2S/c1-3-17(26)24-19-18(16-11-7-8-12-22-16)25-28-20(19)21(27)23-13-14(2)15-9-5-4-6-10-15/h4-12,14H,3,13H2,1-2H3,(H,23,27)(H,24,26)/t14-/m1/s1. The second-order valence-electron chi connectivity index (χ2n) is 6.37.